The monoisotopic (exact) mass is 291 g/mol. The summed E-state index contributed by atoms with van der Waals surface area (Å²) in [5.74, 6) is -0.301. The Balaban J connectivity index is 2.21. The highest BCUT2D eigenvalue weighted by Gasteiger charge is 2.52. The molecule has 0 amide bonds. The smallest absolute Gasteiger partial charge is 0.469 e. The molecular formula is C15H22BNO4. The van der Waals surface area contributed by atoms with Crippen LogP contribution in [0.5, 0.6) is 0 Å². The first kappa shape index (κ1) is 16.0. The number of rotatable bonds is 3. The molecule has 21 heavy (non-hydrogen) atoms. The molecule has 0 radical (unpaired) electrons. The maximum atomic E-state index is 11.3. The Morgan fingerprint density at radius 2 is 1.86 bits per heavy atom. The van der Waals surface area contributed by atoms with Crippen LogP contribution in [0.2, 0.25) is 0 Å². The van der Waals surface area contributed by atoms with Gasteiger partial charge >= 0.3 is 13.1 Å². The number of aryl methyl sites for hydroxylation is 1. The van der Waals surface area contributed by atoms with E-state index in [1.165, 1.54) is 7.11 Å². The molecule has 2 rings (SSSR count). The van der Waals surface area contributed by atoms with E-state index in [1.807, 2.05) is 40.7 Å². The maximum absolute atomic E-state index is 11.3. The molecule has 0 saturated carbocycles. The van der Waals surface area contributed by atoms with Crippen LogP contribution < -0.4 is 5.46 Å². The van der Waals surface area contributed by atoms with E-state index in [0.717, 1.165) is 11.0 Å². The first-order valence-corrected chi connectivity index (χ1v) is 7.04. The molecule has 5 nitrogen and oxygen atoms in total. The fraction of sp³-hybridized carbons (Fsp3) is 0.600. The van der Waals surface area contributed by atoms with E-state index in [0.29, 0.717) is 5.69 Å². The molecule has 1 fully saturated rings. The minimum atomic E-state index is -0.435. The van der Waals surface area contributed by atoms with Crippen molar-refractivity contribution < 1.29 is 18.8 Å². The minimum absolute atomic E-state index is 0.168. The minimum Gasteiger partial charge on any atom is -0.469 e. The highest BCUT2D eigenvalue weighted by molar-refractivity contribution is 6.62. The second-order valence-corrected chi connectivity index (χ2v) is 6.37. The van der Waals surface area contributed by atoms with Crippen molar-refractivity contribution in [2.24, 2.45) is 0 Å². The number of carbonyl (C=O) groups is 1. The van der Waals surface area contributed by atoms with E-state index in [4.69, 9.17) is 9.31 Å². The van der Waals surface area contributed by atoms with Crippen LogP contribution in [0.25, 0.3) is 0 Å². The third-order valence-electron chi connectivity index (χ3n) is 4.27. The van der Waals surface area contributed by atoms with E-state index in [9.17, 15) is 4.79 Å². The number of nitrogens with zero attached hydrogens (tertiary/aromatic N) is 1. The van der Waals surface area contributed by atoms with Gasteiger partial charge in [-0.05, 0) is 46.2 Å². The van der Waals surface area contributed by atoms with Crippen LogP contribution in [0.15, 0.2) is 12.3 Å². The van der Waals surface area contributed by atoms with Gasteiger partial charge in [0.1, 0.15) is 0 Å². The summed E-state index contributed by atoms with van der Waals surface area (Å²) in [6.45, 7) is 10.0. The molecule has 0 atom stereocenters. The highest BCUT2D eigenvalue weighted by atomic mass is 16.7. The molecule has 0 aromatic carbocycles. The summed E-state index contributed by atoms with van der Waals surface area (Å²) in [5.41, 5.74) is 1.80. The van der Waals surface area contributed by atoms with Gasteiger partial charge in [-0.3, -0.25) is 9.78 Å². The third kappa shape index (κ3) is 3.11. The lowest BCUT2D eigenvalue weighted by Crippen LogP contribution is -2.41. The molecule has 0 aliphatic carbocycles. The van der Waals surface area contributed by atoms with E-state index >= 15 is 0 Å². The normalized spacial score (nSPS) is 19.6. The van der Waals surface area contributed by atoms with Gasteiger partial charge in [0.15, 0.2) is 0 Å². The van der Waals surface area contributed by atoms with Gasteiger partial charge in [-0.15, -0.1) is 0 Å². The van der Waals surface area contributed by atoms with E-state index in [-0.39, 0.29) is 23.6 Å². The summed E-state index contributed by atoms with van der Waals surface area (Å²) >= 11 is 0. The molecule has 2 heterocycles. The number of ether oxygens (including phenoxy) is 1. The van der Waals surface area contributed by atoms with Gasteiger partial charge in [-0.25, -0.2) is 0 Å². The third-order valence-corrected chi connectivity index (χ3v) is 4.27. The SMILES string of the molecule is COC(=O)Cc1cc(C)c(B2OC(C)(C)C(C)(C)O2)cn1. The number of aromatic nitrogens is 1. The fourth-order valence-electron chi connectivity index (χ4n) is 2.16. The van der Waals surface area contributed by atoms with E-state index in [2.05, 4.69) is 9.72 Å². The van der Waals surface area contributed by atoms with Crippen molar-refractivity contribution in [2.45, 2.75) is 52.2 Å². The lowest BCUT2D eigenvalue weighted by atomic mass is 9.77. The molecule has 1 aliphatic rings. The van der Waals surface area contributed by atoms with Gasteiger partial charge < -0.3 is 14.0 Å². The Bertz CT molecular complexity index is 541. The zero-order valence-corrected chi connectivity index (χ0v) is 13.5. The Kier molecular flexibility index (Phi) is 4.13. The summed E-state index contributed by atoms with van der Waals surface area (Å²) < 4.78 is 16.7. The number of pyridine rings is 1. The Morgan fingerprint density at radius 3 is 2.33 bits per heavy atom. The lowest BCUT2D eigenvalue weighted by Gasteiger charge is -2.32. The van der Waals surface area contributed by atoms with Crippen LogP contribution in [-0.4, -0.2) is 36.4 Å². The van der Waals surface area contributed by atoms with Gasteiger partial charge in [-0.2, -0.15) is 0 Å². The Morgan fingerprint density at radius 1 is 1.29 bits per heavy atom. The average molecular weight is 291 g/mol. The van der Waals surface area contributed by atoms with Gasteiger partial charge in [0, 0.05) is 11.7 Å². The molecule has 0 bridgehead atoms. The molecule has 1 saturated heterocycles. The summed E-state index contributed by atoms with van der Waals surface area (Å²) in [7, 11) is 0.933. The van der Waals surface area contributed by atoms with Crippen LogP contribution in [0, 0.1) is 6.92 Å². The molecule has 1 aliphatic heterocycles. The predicted molar refractivity (Wildman–Crippen MR) is 80.4 cm³/mol. The summed E-state index contributed by atoms with van der Waals surface area (Å²) in [4.78, 5) is 15.6. The Hall–Kier alpha value is -1.40. The first-order chi connectivity index (χ1) is 9.66. The van der Waals surface area contributed by atoms with E-state index in [1.54, 1.807) is 6.20 Å². The lowest BCUT2D eigenvalue weighted by molar-refractivity contribution is -0.139. The zero-order valence-electron chi connectivity index (χ0n) is 13.5. The van der Waals surface area contributed by atoms with Crippen LogP contribution in [-0.2, 0) is 25.3 Å². The number of hydrogen-bond acceptors (Lipinski definition) is 5. The molecule has 0 spiro atoms. The molecule has 1 aromatic rings. The first-order valence-electron chi connectivity index (χ1n) is 7.04. The number of esters is 1. The molecule has 114 valence electrons. The predicted octanol–water partition coefficient (Wildman–Crippen LogP) is 1.40. The van der Waals surface area contributed by atoms with Gasteiger partial charge in [-0.1, -0.05) is 0 Å². The standard InChI is InChI=1S/C15H22BNO4/c1-10-7-11(8-13(18)19-6)17-9-12(10)16-20-14(2,3)15(4,5)21-16/h7,9H,8H2,1-6H3. The van der Waals surface area contributed by atoms with Crippen molar-refractivity contribution in [1.82, 2.24) is 4.98 Å². The van der Waals surface area contributed by atoms with Crippen molar-refractivity contribution in [1.29, 1.82) is 0 Å². The van der Waals surface area contributed by atoms with Gasteiger partial charge in [0.25, 0.3) is 0 Å². The van der Waals surface area contributed by atoms with Gasteiger partial charge in [0.2, 0.25) is 0 Å². The number of hydrogen-bond donors (Lipinski definition) is 0. The van der Waals surface area contributed by atoms with Crippen molar-refractivity contribution in [3.05, 3.63) is 23.5 Å². The van der Waals surface area contributed by atoms with Crippen LogP contribution >= 0.6 is 0 Å². The van der Waals surface area contributed by atoms with Crippen molar-refractivity contribution in [2.75, 3.05) is 7.11 Å². The molecule has 0 N–H and O–H groups in total. The summed E-state index contributed by atoms with van der Waals surface area (Å²) in [6, 6.07) is 1.87. The van der Waals surface area contributed by atoms with Crippen LogP contribution in [0.4, 0.5) is 0 Å². The summed E-state index contributed by atoms with van der Waals surface area (Å²) in [6.07, 6.45) is 1.89. The average Bonchev–Trinajstić information content (AvgIpc) is 2.58. The van der Waals surface area contributed by atoms with Crippen molar-refractivity contribution in [3.63, 3.8) is 0 Å². The highest BCUT2D eigenvalue weighted by Crippen LogP contribution is 2.36. The largest absolute Gasteiger partial charge is 0.496 e. The number of carbonyl (C=O) groups excluding carboxylic acids is 1. The van der Waals surface area contributed by atoms with E-state index < -0.39 is 7.12 Å². The van der Waals surface area contributed by atoms with Crippen molar-refractivity contribution >= 4 is 18.6 Å². The molecule has 6 heteroatoms. The summed E-state index contributed by atoms with van der Waals surface area (Å²) in [5, 5.41) is 0. The Labute approximate surface area is 126 Å². The van der Waals surface area contributed by atoms with Crippen LogP contribution in [0.3, 0.4) is 0 Å². The zero-order chi connectivity index (χ0) is 15.8. The molecule has 1 aromatic heterocycles. The van der Waals surface area contributed by atoms with Crippen LogP contribution in [0.1, 0.15) is 39.0 Å². The topological polar surface area (TPSA) is 57.7 Å². The molecular weight excluding hydrogens is 269 g/mol. The second-order valence-electron chi connectivity index (χ2n) is 6.37. The van der Waals surface area contributed by atoms with Crippen molar-refractivity contribution in [3.8, 4) is 0 Å². The quantitative estimate of drug-likeness (QED) is 0.622. The van der Waals surface area contributed by atoms with Gasteiger partial charge in [0.05, 0.1) is 30.4 Å². The number of methoxy groups -OCH3 is 1. The molecule has 0 unspecified atom stereocenters. The second kappa shape index (κ2) is 5.42. The fourth-order valence-corrected chi connectivity index (χ4v) is 2.16. The maximum Gasteiger partial charge on any atom is 0.496 e.